The first-order valence-corrected chi connectivity index (χ1v) is 11.7. The summed E-state index contributed by atoms with van der Waals surface area (Å²) in [6.07, 6.45) is 5.97. The quantitative estimate of drug-likeness (QED) is 0.411. The van der Waals surface area contributed by atoms with Crippen molar-refractivity contribution < 1.29 is 19.4 Å². The van der Waals surface area contributed by atoms with Gasteiger partial charge in [-0.2, -0.15) is 0 Å². The number of halogens is 1. The number of fused-ring (bicyclic) bond motifs is 1. The summed E-state index contributed by atoms with van der Waals surface area (Å²) in [7, 11) is 0. The van der Waals surface area contributed by atoms with E-state index in [2.05, 4.69) is 0 Å². The lowest BCUT2D eigenvalue weighted by Crippen LogP contribution is -2.36. The molecule has 0 radical (unpaired) electrons. The number of benzene rings is 2. The van der Waals surface area contributed by atoms with Crippen molar-refractivity contribution in [3.63, 3.8) is 0 Å². The van der Waals surface area contributed by atoms with Crippen LogP contribution in [-0.2, 0) is 27.2 Å². The highest BCUT2D eigenvalue weighted by molar-refractivity contribution is 6.46. The number of carbonyl (C=O) groups is 2. The Hall–Kier alpha value is -2.63. The van der Waals surface area contributed by atoms with Crippen LogP contribution >= 0.6 is 11.6 Å². The van der Waals surface area contributed by atoms with Crippen LogP contribution in [0.2, 0.25) is 5.02 Å². The molecule has 2 heterocycles. The molecule has 2 atom stereocenters. The molecule has 2 aliphatic heterocycles. The van der Waals surface area contributed by atoms with Gasteiger partial charge in [0.2, 0.25) is 0 Å². The van der Waals surface area contributed by atoms with Gasteiger partial charge in [0.1, 0.15) is 5.76 Å². The van der Waals surface area contributed by atoms with E-state index in [1.807, 2.05) is 30.3 Å². The van der Waals surface area contributed by atoms with E-state index in [1.165, 1.54) is 17.5 Å². The van der Waals surface area contributed by atoms with Crippen molar-refractivity contribution in [1.82, 2.24) is 4.90 Å². The van der Waals surface area contributed by atoms with Crippen LogP contribution in [-0.4, -0.2) is 41.0 Å². The van der Waals surface area contributed by atoms with Crippen molar-refractivity contribution in [2.75, 3.05) is 13.2 Å². The number of rotatable bonds is 4. The van der Waals surface area contributed by atoms with Gasteiger partial charge in [0, 0.05) is 23.7 Å². The first kappa shape index (κ1) is 21.2. The van der Waals surface area contributed by atoms with E-state index in [9.17, 15) is 14.7 Å². The van der Waals surface area contributed by atoms with Crippen molar-refractivity contribution in [2.45, 2.75) is 50.7 Å². The second-order valence-corrected chi connectivity index (χ2v) is 9.27. The predicted octanol–water partition coefficient (Wildman–Crippen LogP) is 4.82. The van der Waals surface area contributed by atoms with E-state index < -0.39 is 17.7 Å². The molecular formula is C26H26ClNO4. The maximum atomic E-state index is 13.2. The van der Waals surface area contributed by atoms with Gasteiger partial charge in [0.15, 0.2) is 0 Å². The fourth-order valence-electron chi connectivity index (χ4n) is 5.10. The number of hydrogen-bond donors (Lipinski definition) is 1. The van der Waals surface area contributed by atoms with Crippen molar-refractivity contribution in [3.05, 3.63) is 75.3 Å². The summed E-state index contributed by atoms with van der Waals surface area (Å²) in [5.74, 6) is -1.37. The normalized spacial score (nSPS) is 24.7. The summed E-state index contributed by atoms with van der Waals surface area (Å²) >= 11 is 6.08. The summed E-state index contributed by atoms with van der Waals surface area (Å²) in [6, 6.07) is 12.3. The van der Waals surface area contributed by atoms with Gasteiger partial charge in [0.05, 0.1) is 17.7 Å². The van der Waals surface area contributed by atoms with E-state index in [0.29, 0.717) is 23.7 Å². The van der Waals surface area contributed by atoms with Gasteiger partial charge in [-0.05, 0) is 73.4 Å². The lowest BCUT2D eigenvalue weighted by molar-refractivity contribution is -0.140. The zero-order chi connectivity index (χ0) is 22.2. The van der Waals surface area contributed by atoms with Crippen LogP contribution in [0, 0.1) is 0 Å². The van der Waals surface area contributed by atoms with Crippen molar-refractivity contribution in [1.29, 1.82) is 0 Å². The number of aliphatic hydroxyl groups is 1. The monoisotopic (exact) mass is 451 g/mol. The highest BCUT2D eigenvalue weighted by atomic mass is 35.5. The second kappa shape index (κ2) is 8.72. The van der Waals surface area contributed by atoms with E-state index >= 15 is 0 Å². The van der Waals surface area contributed by atoms with Crippen LogP contribution < -0.4 is 0 Å². The number of amides is 1. The number of hydrogen-bond acceptors (Lipinski definition) is 4. The lowest BCUT2D eigenvalue weighted by atomic mass is 9.88. The van der Waals surface area contributed by atoms with Crippen molar-refractivity contribution in [2.24, 2.45) is 0 Å². The molecule has 3 aliphatic rings. The maximum Gasteiger partial charge on any atom is 0.295 e. The number of aliphatic hydroxyl groups excluding tert-OH is 1. The molecule has 1 aliphatic carbocycles. The summed E-state index contributed by atoms with van der Waals surface area (Å²) < 4.78 is 5.74. The Morgan fingerprint density at radius 3 is 2.50 bits per heavy atom. The molecule has 0 aromatic heterocycles. The zero-order valence-corrected chi connectivity index (χ0v) is 18.6. The Morgan fingerprint density at radius 1 is 1.03 bits per heavy atom. The molecule has 5 nitrogen and oxygen atoms in total. The minimum absolute atomic E-state index is 0.105. The molecule has 0 spiro atoms. The molecule has 2 saturated heterocycles. The topological polar surface area (TPSA) is 66.8 Å². The fourth-order valence-corrected chi connectivity index (χ4v) is 5.23. The van der Waals surface area contributed by atoms with E-state index in [1.54, 1.807) is 17.0 Å². The molecule has 2 aromatic rings. The highest BCUT2D eigenvalue weighted by Gasteiger charge is 2.47. The zero-order valence-electron chi connectivity index (χ0n) is 17.9. The minimum Gasteiger partial charge on any atom is -0.507 e. The maximum absolute atomic E-state index is 13.2. The number of carbonyl (C=O) groups excluding carboxylic acids is 2. The Balaban J connectivity index is 1.60. The average Bonchev–Trinajstić information content (AvgIpc) is 3.41. The summed E-state index contributed by atoms with van der Waals surface area (Å²) in [5, 5.41) is 11.9. The number of ether oxygens (including phenoxy) is 1. The summed E-state index contributed by atoms with van der Waals surface area (Å²) in [5.41, 5.74) is 3.95. The van der Waals surface area contributed by atoms with Crippen molar-refractivity contribution in [3.8, 4) is 0 Å². The summed E-state index contributed by atoms with van der Waals surface area (Å²) in [6.45, 7) is 0.980. The lowest BCUT2D eigenvalue weighted by Gasteiger charge is -2.27. The Morgan fingerprint density at radius 2 is 1.78 bits per heavy atom. The number of Topliss-reactive ketones (excluding diaryl/α,β-unsaturated/α-hetero) is 1. The average molecular weight is 452 g/mol. The molecule has 2 aromatic carbocycles. The summed E-state index contributed by atoms with van der Waals surface area (Å²) in [4.78, 5) is 27.8. The van der Waals surface area contributed by atoms with Gasteiger partial charge in [-0.3, -0.25) is 9.59 Å². The minimum atomic E-state index is -0.674. The van der Waals surface area contributed by atoms with E-state index in [-0.39, 0.29) is 17.4 Å². The molecule has 0 bridgehead atoms. The largest absolute Gasteiger partial charge is 0.507 e. The third-order valence-corrected chi connectivity index (χ3v) is 7.02. The van der Waals surface area contributed by atoms with Crippen molar-refractivity contribution >= 4 is 29.1 Å². The Bertz CT molecular complexity index is 1090. The SMILES string of the molecule is O=C1C(=O)N(CC2CCCO2)C(c2ccc(Cl)cc2)/C1=C(/O)c1ccc2c(c1)CCCC2. The van der Waals surface area contributed by atoms with Gasteiger partial charge in [0.25, 0.3) is 11.7 Å². The molecule has 1 amide bonds. The van der Waals surface area contributed by atoms with E-state index in [4.69, 9.17) is 16.3 Å². The number of likely N-dealkylation sites (tertiary alicyclic amines) is 1. The van der Waals surface area contributed by atoms with Crippen LogP contribution in [0.15, 0.2) is 48.0 Å². The van der Waals surface area contributed by atoms with Gasteiger partial charge < -0.3 is 14.7 Å². The predicted molar refractivity (Wildman–Crippen MR) is 123 cm³/mol. The third kappa shape index (κ3) is 3.84. The third-order valence-electron chi connectivity index (χ3n) is 6.77. The number of nitrogens with zero attached hydrogens (tertiary/aromatic N) is 1. The van der Waals surface area contributed by atoms with Gasteiger partial charge in [-0.15, -0.1) is 0 Å². The fraction of sp³-hybridized carbons (Fsp3) is 0.385. The van der Waals surface area contributed by atoms with Crippen LogP contribution in [0.25, 0.3) is 5.76 Å². The first-order chi connectivity index (χ1) is 15.5. The molecule has 5 rings (SSSR count). The van der Waals surface area contributed by atoms with Gasteiger partial charge in [-0.25, -0.2) is 0 Å². The number of ketones is 1. The number of aryl methyl sites for hydroxylation is 2. The van der Waals surface area contributed by atoms with Crippen LogP contribution in [0.4, 0.5) is 0 Å². The first-order valence-electron chi connectivity index (χ1n) is 11.3. The van der Waals surface area contributed by atoms with Crippen LogP contribution in [0.3, 0.4) is 0 Å². The van der Waals surface area contributed by atoms with Crippen LogP contribution in [0.5, 0.6) is 0 Å². The molecule has 32 heavy (non-hydrogen) atoms. The molecule has 2 unspecified atom stereocenters. The molecule has 0 saturated carbocycles. The van der Waals surface area contributed by atoms with Gasteiger partial charge >= 0.3 is 0 Å². The molecule has 1 N–H and O–H groups in total. The highest BCUT2D eigenvalue weighted by Crippen LogP contribution is 2.40. The van der Waals surface area contributed by atoms with E-state index in [0.717, 1.165) is 37.7 Å². The Kier molecular flexibility index (Phi) is 5.78. The smallest absolute Gasteiger partial charge is 0.295 e. The molecule has 6 heteroatoms. The van der Waals surface area contributed by atoms with Gasteiger partial charge in [-0.1, -0.05) is 35.9 Å². The molecular weight excluding hydrogens is 426 g/mol. The molecule has 166 valence electrons. The van der Waals surface area contributed by atoms with Crippen LogP contribution in [0.1, 0.15) is 54.0 Å². The standard InChI is InChI=1S/C26H26ClNO4/c27-20-11-9-17(10-12-20)23-22(25(30)26(31)28(23)15-21-6-3-13-32-21)24(29)19-8-7-16-4-1-2-5-18(16)14-19/h7-12,14,21,23,29H,1-6,13,15H2/b24-22-. The second-order valence-electron chi connectivity index (χ2n) is 8.83. The Labute approximate surface area is 192 Å². The molecule has 2 fully saturated rings.